The first-order valence-corrected chi connectivity index (χ1v) is 4.37. The van der Waals surface area contributed by atoms with E-state index in [-0.39, 0.29) is 0 Å². The molecule has 0 aromatic heterocycles. The second-order valence-electron chi connectivity index (χ2n) is 3.53. The predicted octanol–water partition coefficient (Wildman–Crippen LogP) is 2.99. The Morgan fingerprint density at radius 3 is 2.00 bits per heavy atom. The van der Waals surface area contributed by atoms with Gasteiger partial charge in [0, 0.05) is 4.75 Å². The van der Waals surface area contributed by atoms with Gasteiger partial charge in [0.1, 0.15) is 0 Å². The van der Waals surface area contributed by atoms with E-state index in [1.54, 1.807) is 0 Å². The van der Waals surface area contributed by atoms with Crippen LogP contribution in [0, 0.1) is 12.8 Å². The standard InChI is InChI=1S/C8H17S/c1-7(2)6-9-8(3,4)5/h7H,1,6H2,2-5H3. The first kappa shape index (κ1) is 9.35. The van der Waals surface area contributed by atoms with Gasteiger partial charge in [-0.25, -0.2) is 0 Å². The molecule has 0 saturated heterocycles. The minimum atomic E-state index is 0.409. The van der Waals surface area contributed by atoms with Crippen LogP contribution in [0.15, 0.2) is 0 Å². The van der Waals surface area contributed by atoms with Crippen molar-refractivity contribution in [3.05, 3.63) is 6.92 Å². The first-order chi connectivity index (χ1) is 3.92. The smallest absolute Gasteiger partial charge is 0.00751 e. The molecule has 0 aromatic carbocycles. The molecule has 55 valence electrons. The van der Waals surface area contributed by atoms with Gasteiger partial charge in [0.05, 0.1) is 0 Å². The molecule has 0 amide bonds. The Balaban J connectivity index is 3.28. The minimum Gasteiger partial charge on any atom is -0.156 e. The molecule has 0 saturated carbocycles. The van der Waals surface area contributed by atoms with Crippen LogP contribution in [0.4, 0.5) is 0 Å². The quantitative estimate of drug-likeness (QED) is 0.575. The lowest BCUT2D eigenvalue weighted by molar-refractivity contribution is 0.780. The zero-order valence-electron chi connectivity index (χ0n) is 6.90. The fourth-order valence-corrected chi connectivity index (χ4v) is 1.18. The van der Waals surface area contributed by atoms with E-state index < -0.39 is 0 Å². The third kappa shape index (κ3) is 8.35. The van der Waals surface area contributed by atoms with E-state index in [2.05, 4.69) is 34.6 Å². The summed E-state index contributed by atoms with van der Waals surface area (Å²) in [5.74, 6) is 1.75. The monoisotopic (exact) mass is 145 g/mol. The maximum Gasteiger partial charge on any atom is 0.00751 e. The maximum absolute atomic E-state index is 3.92. The molecule has 0 fully saturated rings. The van der Waals surface area contributed by atoms with Crippen LogP contribution in [0.25, 0.3) is 0 Å². The summed E-state index contributed by atoms with van der Waals surface area (Å²) in [6, 6.07) is 0. The van der Waals surface area contributed by atoms with Crippen molar-refractivity contribution in [2.75, 3.05) is 5.75 Å². The molecule has 0 bridgehead atoms. The van der Waals surface area contributed by atoms with Crippen LogP contribution >= 0.6 is 11.8 Å². The van der Waals surface area contributed by atoms with E-state index >= 15 is 0 Å². The van der Waals surface area contributed by atoms with Crippen LogP contribution in [-0.4, -0.2) is 10.5 Å². The van der Waals surface area contributed by atoms with E-state index in [4.69, 9.17) is 0 Å². The van der Waals surface area contributed by atoms with Gasteiger partial charge in [-0.3, -0.25) is 0 Å². The highest BCUT2D eigenvalue weighted by molar-refractivity contribution is 8.00. The largest absolute Gasteiger partial charge is 0.156 e. The van der Waals surface area contributed by atoms with Crippen LogP contribution in [0.1, 0.15) is 27.7 Å². The molecular formula is C8H17S. The average molecular weight is 145 g/mol. The summed E-state index contributed by atoms with van der Waals surface area (Å²) in [7, 11) is 0. The summed E-state index contributed by atoms with van der Waals surface area (Å²) >= 11 is 1.98. The predicted molar refractivity (Wildman–Crippen MR) is 46.7 cm³/mol. The van der Waals surface area contributed by atoms with Crippen LogP contribution in [0.3, 0.4) is 0 Å². The Hall–Kier alpha value is 0.350. The SMILES string of the molecule is [CH2]C(C)CSC(C)(C)C. The molecule has 0 N–H and O–H groups in total. The summed E-state index contributed by atoms with van der Waals surface area (Å²) in [6.45, 7) is 12.8. The number of hydrogen-bond donors (Lipinski definition) is 0. The van der Waals surface area contributed by atoms with Gasteiger partial charge >= 0.3 is 0 Å². The van der Waals surface area contributed by atoms with E-state index in [1.165, 1.54) is 5.75 Å². The molecule has 0 heterocycles. The summed E-state index contributed by atoms with van der Waals surface area (Å²) < 4.78 is 0.409. The molecule has 0 spiro atoms. The van der Waals surface area contributed by atoms with Gasteiger partial charge in [0.2, 0.25) is 0 Å². The molecule has 0 rings (SSSR count). The normalized spacial score (nSPS) is 12.7. The third-order valence-corrected chi connectivity index (χ3v) is 2.40. The molecule has 0 nitrogen and oxygen atoms in total. The second kappa shape index (κ2) is 3.50. The summed E-state index contributed by atoms with van der Waals surface area (Å²) in [4.78, 5) is 0. The topological polar surface area (TPSA) is 0 Å². The van der Waals surface area contributed by atoms with Gasteiger partial charge in [0.15, 0.2) is 0 Å². The lowest BCUT2D eigenvalue weighted by atomic mass is 10.2. The lowest BCUT2D eigenvalue weighted by Crippen LogP contribution is -2.10. The molecule has 0 aromatic rings. The van der Waals surface area contributed by atoms with Crippen LogP contribution in [0.2, 0.25) is 0 Å². The molecular weight excluding hydrogens is 128 g/mol. The van der Waals surface area contributed by atoms with Crippen molar-refractivity contribution < 1.29 is 0 Å². The Bertz CT molecular complexity index is 69.1. The summed E-state index contributed by atoms with van der Waals surface area (Å²) in [5.41, 5.74) is 0. The molecule has 1 heteroatoms. The molecule has 9 heavy (non-hydrogen) atoms. The number of thioether (sulfide) groups is 1. The molecule has 0 aliphatic rings. The van der Waals surface area contributed by atoms with E-state index in [0.717, 1.165) is 0 Å². The third-order valence-electron chi connectivity index (χ3n) is 0.801. The van der Waals surface area contributed by atoms with Gasteiger partial charge in [-0.1, -0.05) is 27.7 Å². The Morgan fingerprint density at radius 2 is 1.89 bits per heavy atom. The fraction of sp³-hybridized carbons (Fsp3) is 0.875. The zero-order chi connectivity index (χ0) is 7.49. The number of hydrogen-bond acceptors (Lipinski definition) is 1. The number of rotatable bonds is 2. The van der Waals surface area contributed by atoms with Crippen LogP contribution < -0.4 is 0 Å². The fourth-order valence-electron chi connectivity index (χ4n) is 0.392. The minimum absolute atomic E-state index is 0.409. The molecule has 0 aliphatic carbocycles. The highest BCUT2D eigenvalue weighted by atomic mass is 32.2. The summed E-state index contributed by atoms with van der Waals surface area (Å²) in [6.07, 6.45) is 0. The molecule has 1 unspecified atom stereocenters. The van der Waals surface area contributed by atoms with Crippen molar-refractivity contribution in [1.29, 1.82) is 0 Å². The van der Waals surface area contributed by atoms with Crippen LogP contribution in [0.5, 0.6) is 0 Å². The van der Waals surface area contributed by atoms with Gasteiger partial charge in [-0.15, -0.1) is 0 Å². The van der Waals surface area contributed by atoms with Gasteiger partial charge in [0.25, 0.3) is 0 Å². The Morgan fingerprint density at radius 1 is 1.44 bits per heavy atom. The van der Waals surface area contributed by atoms with Crippen molar-refractivity contribution in [2.45, 2.75) is 32.4 Å². The zero-order valence-corrected chi connectivity index (χ0v) is 7.72. The van der Waals surface area contributed by atoms with E-state index in [1.807, 2.05) is 11.8 Å². The average Bonchev–Trinajstić information content (AvgIpc) is 1.59. The molecule has 0 aliphatic heterocycles. The van der Waals surface area contributed by atoms with Crippen LogP contribution in [-0.2, 0) is 0 Å². The lowest BCUT2D eigenvalue weighted by Gasteiger charge is -2.18. The summed E-state index contributed by atoms with van der Waals surface area (Å²) in [5, 5.41) is 0. The van der Waals surface area contributed by atoms with Gasteiger partial charge < -0.3 is 0 Å². The first-order valence-electron chi connectivity index (χ1n) is 3.39. The maximum atomic E-state index is 3.92. The Labute approximate surface area is 63.4 Å². The van der Waals surface area contributed by atoms with Gasteiger partial charge in [-0.2, -0.15) is 11.8 Å². The van der Waals surface area contributed by atoms with E-state index in [0.29, 0.717) is 10.7 Å². The van der Waals surface area contributed by atoms with Crippen molar-refractivity contribution in [3.63, 3.8) is 0 Å². The van der Waals surface area contributed by atoms with Crippen molar-refractivity contribution in [3.8, 4) is 0 Å². The molecule has 1 atom stereocenters. The Kier molecular flexibility index (Phi) is 3.64. The molecule has 1 radical (unpaired) electrons. The van der Waals surface area contributed by atoms with E-state index in [9.17, 15) is 0 Å². The highest BCUT2D eigenvalue weighted by Crippen LogP contribution is 2.24. The van der Waals surface area contributed by atoms with Crippen molar-refractivity contribution in [2.24, 2.45) is 5.92 Å². The van der Waals surface area contributed by atoms with Crippen molar-refractivity contribution in [1.82, 2.24) is 0 Å². The van der Waals surface area contributed by atoms with Gasteiger partial charge in [-0.05, 0) is 18.6 Å². The van der Waals surface area contributed by atoms with Crippen molar-refractivity contribution >= 4 is 11.8 Å². The second-order valence-corrected chi connectivity index (χ2v) is 5.38. The highest BCUT2D eigenvalue weighted by Gasteiger charge is 2.10.